The van der Waals surface area contributed by atoms with Gasteiger partial charge in [0.15, 0.2) is 0 Å². The van der Waals surface area contributed by atoms with Gasteiger partial charge in [-0.05, 0) is 17.7 Å². The van der Waals surface area contributed by atoms with Gasteiger partial charge in [0.1, 0.15) is 18.1 Å². The van der Waals surface area contributed by atoms with E-state index in [1.807, 2.05) is 24.3 Å². The zero-order valence-corrected chi connectivity index (χ0v) is 10.2. The largest absolute Gasteiger partial charge is 0.497 e. The Kier molecular flexibility index (Phi) is 4.09. The topological polar surface area (TPSA) is 70.3 Å². The van der Waals surface area contributed by atoms with Crippen molar-refractivity contribution in [3.05, 3.63) is 47.9 Å². The van der Waals surface area contributed by atoms with Gasteiger partial charge >= 0.3 is 0 Å². The molecule has 1 aromatic carbocycles. The molecule has 0 atom stereocenters. The summed E-state index contributed by atoms with van der Waals surface area (Å²) < 4.78 is 10.7. The number of nitrogens with zero attached hydrogens (tertiary/aromatic N) is 2. The number of hydrogen-bond donors (Lipinski definition) is 1. The van der Waals surface area contributed by atoms with Crippen molar-refractivity contribution in [1.82, 2.24) is 9.97 Å². The maximum absolute atomic E-state index is 5.59. The molecule has 18 heavy (non-hydrogen) atoms. The van der Waals surface area contributed by atoms with Crippen LogP contribution >= 0.6 is 0 Å². The van der Waals surface area contributed by atoms with Gasteiger partial charge in [-0.2, -0.15) is 0 Å². The van der Waals surface area contributed by atoms with Crippen molar-refractivity contribution in [3.8, 4) is 11.6 Å². The van der Waals surface area contributed by atoms with Crippen LogP contribution in [-0.4, -0.2) is 17.1 Å². The van der Waals surface area contributed by atoms with Gasteiger partial charge in [-0.15, -0.1) is 0 Å². The zero-order chi connectivity index (χ0) is 12.8. The van der Waals surface area contributed by atoms with Gasteiger partial charge in [0, 0.05) is 18.9 Å². The molecule has 2 N–H and O–H groups in total. The Morgan fingerprint density at radius 2 is 1.83 bits per heavy atom. The highest BCUT2D eigenvalue weighted by Gasteiger charge is 2.04. The number of methoxy groups -OCH3 is 1. The van der Waals surface area contributed by atoms with Crippen LogP contribution in [0.2, 0.25) is 0 Å². The van der Waals surface area contributed by atoms with Crippen molar-refractivity contribution in [1.29, 1.82) is 0 Å². The minimum atomic E-state index is 0.311. The van der Waals surface area contributed by atoms with E-state index >= 15 is 0 Å². The number of aromatic nitrogens is 2. The molecule has 2 rings (SSSR count). The average molecular weight is 245 g/mol. The molecule has 0 spiro atoms. The van der Waals surface area contributed by atoms with E-state index in [2.05, 4.69) is 9.97 Å². The van der Waals surface area contributed by atoms with Gasteiger partial charge in [0.05, 0.1) is 7.11 Å². The van der Waals surface area contributed by atoms with E-state index in [4.69, 9.17) is 15.2 Å². The van der Waals surface area contributed by atoms with Crippen molar-refractivity contribution in [2.45, 2.75) is 13.2 Å². The average Bonchev–Trinajstić information content (AvgIpc) is 2.46. The minimum Gasteiger partial charge on any atom is -0.497 e. The molecule has 0 amide bonds. The normalized spacial score (nSPS) is 10.1. The molecule has 0 unspecified atom stereocenters. The van der Waals surface area contributed by atoms with E-state index in [1.165, 1.54) is 0 Å². The second kappa shape index (κ2) is 5.97. The Morgan fingerprint density at radius 1 is 1.11 bits per heavy atom. The predicted molar refractivity (Wildman–Crippen MR) is 67.2 cm³/mol. The first-order valence-electron chi connectivity index (χ1n) is 5.59. The molecule has 94 valence electrons. The Balaban J connectivity index is 2.02. The third kappa shape index (κ3) is 2.95. The Labute approximate surface area is 106 Å². The first-order chi connectivity index (χ1) is 8.83. The summed E-state index contributed by atoms with van der Waals surface area (Å²) >= 11 is 0. The monoisotopic (exact) mass is 245 g/mol. The second-order valence-corrected chi connectivity index (χ2v) is 3.65. The van der Waals surface area contributed by atoms with Crippen molar-refractivity contribution < 1.29 is 9.47 Å². The summed E-state index contributed by atoms with van der Waals surface area (Å²) in [6.07, 6.45) is 3.19. The molecule has 0 saturated carbocycles. The third-order valence-electron chi connectivity index (χ3n) is 2.46. The first-order valence-corrected chi connectivity index (χ1v) is 5.59. The SMILES string of the molecule is COc1ccc(COc2nccnc2CN)cc1. The van der Waals surface area contributed by atoms with E-state index in [1.54, 1.807) is 19.5 Å². The highest BCUT2D eigenvalue weighted by Crippen LogP contribution is 2.15. The van der Waals surface area contributed by atoms with Crippen molar-refractivity contribution >= 4 is 0 Å². The summed E-state index contributed by atoms with van der Waals surface area (Å²) in [5, 5.41) is 0. The molecule has 0 aliphatic carbocycles. The van der Waals surface area contributed by atoms with Crippen LogP contribution in [0.5, 0.6) is 11.6 Å². The molecule has 1 heterocycles. The zero-order valence-electron chi connectivity index (χ0n) is 10.2. The van der Waals surface area contributed by atoms with E-state index in [-0.39, 0.29) is 0 Å². The fourth-order valence-electron chi connectivity index (χ4n) is 1.49. The van der Waals surface area contributed by atoms with E-state index in [9.17, 15) is 0 Å². The van der Waals surface area contributed by atoms with E-state index in [0.717, 1.165) is 11.3 Å². The van der Waals surface area contributed by atoms with Gasteiger partial charge < -0.3 is 15.2 Å². The van der Waals surface area contributed by atoms with Crippen molar-refractivity contribution in [2.75, 3.05) is 7.11 Å². The summed E-state index contributed by atoms with van der Waals surface area (Å²) in [5.74, 6) is 1.30. The molecule has 0 radical (unpaired) electrons. The van der Waals surface area contributed by atoms with E-state index in [0.29, 0.717) is 24.7 Å². The van der Waals surface area contributed by atoms with Gasteiger partial charge in [0.25, 0.3) is 0 Å². The minimum absolute atomic E-state index is 0.311. The van der Waals surface area contributed by atoms with Crippen LogP contribution in [0.3, 0.4) is 0 Å². The van der Waals surface area contributed by atoms with Crippen LogP contribution in [0.15, 0.2) is 36.7 Å². The summed E-state index contributed by atoms with van der Waals surface area (Å²) in [6, 6.07) is 7.66. The molecule has 5 nitrogen and oxygen atoms in total. The van der Waals surface area contributed by atoms with Gasteiger partial charge in [-0.3, -0.25) is 4.98 Å². The fourth-order valence-corrected chi connectivity index (χ4v) is 1.49. The molecular formula is C13H15N3O2. The fraction of sp³-hybridized carbons (Fsp3) is 0.231. The van der Waals surface area contributed by atoms with Crippen LogP contribution in [0.1, 0.15) is 11.3 Å². The molecule has 0 aliphatic heterocycles. The van der Waals surface area contributed by atoms with Crippen LogP contribution in [0.25, 0.3) is 0 Å². The summed E-state index contributed by atoms with van der Waals surface area (Å²) in [6.45, 7) is 0.738. The van der Waals surface area contributed by atoms with Crippen LogP contribution in [0.4, 0.5) is 0 Å². The molecule has 0 bridgehead atoms. The Bertz CT molecular complexity index is 500. The lowest BCUT2D eigenvalue weighted by Crippen LogP contribution is -2.06. The van der Waals surface area contributed by atoms with Crippen LogP contribution in [0, 0.1) is 0 Å². The van der Waals surface area contributed by atoms with E-state index < -0.39 is 0 Å². The highest BCUT2D eigenvalue weighted by atomic mass is 16.5. The molecule has 5 heteroatoms. The highest BCUT2D eigenvalue weighted by molar-refractivity contribution is 5.27. The number of benzene rings is 1. The third-order valence-corrected chi connectivity index (χ3v) is 2.46. The standard InChI is InChI=1S/C13H15N3O2/c1-17-11-4-2-10(3-5-11)9-18-13-12(8-14)15-6-7-16-13/h2-7H,8-9,14H2,1H3. The summed E-state index contributed by atoms with van der Waals surface area (Å²) in [5.41, 5.74) is 7.25. The smallest absolute Gasteiger partial charge is 0.237 e. The lowest BCUT2D eigenvalue weighted by molar-refractivity contribution is 0.288. The molecule has 0 saturated heterocycles. The predicted octanol–water partition coefficient (Wildman–Crippen LogP) is 1.52. The van der Waals surface area contributed by atoms with Gasteiger partial charge in [-0.25, -0.2) is 4.98 Å². The number of nitrogens with two attached hydrogens (primary N) is 1. The maximum atomic E-state index is 5.59. The first kappa shape index (κ1) is 12.3. The maximum Gasteiger partial charge on any atom is 0.237 e. The molecule has 2 aromatic rings. The number of rotatable bonds is 5. The van der Waals surface area contributed by atoms with Gasteiger partial charge in [-0.1, -0.05) is 12.1 Å². The van der Waals surface area contributed by atoms with Crippen molar-refractivity contribution in [2.24, 2.45) is 5.73 Å². The Morgan fingerprint density at radius 3 is 2.50 bits per heavy atom. The van der Waals surface area contributed by atoms with Crippen LogP contribution in [-0.2, 0) is 13.2 Å². The van der Waals surface area contributed by atoms with Crippen molar-refractivity contribution in [3.63, 3.8) is 0 Å². The Hall–Kier alpha value is -2.14. The molecule has 1 aromatic heterocycles. The number of hydrogen-bond acceptors (Lipinski definition) is 5. The van der Waals surface area contributed by atoms with Gasteiger partial charge in [0.2, 0.25) is 5.88 Å². The summed E-state index contributed by atoms with van der Waals surface area (Å²) in [7, 11) is 1.64. The quantitative estimate of drug-likeness (QED) is 0.864. The lowest BCUT2D eigenvalue weighted by atomic mass is 10.2. The molecule has 0 aliphatic rings. The second-order valence-electron chi connectivity index (χ2n) is 3.65. The lowest BCUT2D eigenvalue weighted by Gasteiger charge is -2.08. The molecule has 0 fully saturated rings. The number of ether oxygens (including phenoxy) is 2. The van der Waals surface area contributed by atoms with Crippen LogP contribution < -0.4 is 15.2 Å². The molecular weight excluding hydrogens is 230 g/mol. The summed E-state index contributed by atoms with van der Waals surface area (Å²) in [4.78, 5) is 8.21.